The molecule has 1 aromatic rings. The normalized spacial score (nSPS) is 17.6. The zero-order valence-corrected chi connectivity index (χ0v) is 13.4. The Hall–Kier alpha value is -1.39. The van der Waals surface area contributed by atoms with Gasteiger partial charge in [-0.05, 0) is 38.1 Å². The first kappa shape index (κ1) is 16.0. The lowest BCUT2D eigenvalue weighted by Gasteiger charge is -2.31. The fraction of sp³-hybridized carbons (Fsp3) is 0.588. The van der Waals surface area contributed by atoms with Crippen LogP contribution in [0.3, 0.4) is 0 Å². The summed E-state index contributed by atoms with van der Waals surface area (Å²) in [6.45, 7) is 5.47. The molecule has 0 aromatic heterocycles. The maximum atomic E-state index is 12.8. The lowest BCUT2D eigenvalue weighted by atomic mass is 9.95. The highest BCUT2D eigenvalue weighted by Gasteiger charge is 2.27. The van der Waals surface area contributed by atoms with E-state index in [1.165, 1.54) is 11.1 Å². The number of hydrogen-bond donors (Lipinski definition) is 1. The highest BCUT2D eigenvalue weighted by Crippen LogP contribution is 2.17. The summed E-state index contributed by atoms with van der Waals surface area (Å²) < 4.78 is 0. The molecule has 21 heavy (non-hydrogen) atoms. The minimum absolute atomic E-state index is 0.0754. The van der Waals surface area contributed by atoms with E-state index in [1.54, 1.807) is 0 Å². The van der Waals surface area contributed by atoms with E-state index >= 15 is 0 Å². The van der Waals surface area contributed by atoms with Crippen LogP contribution in [0.1, 0.15) is 24.5 Å². The van der Waals surface area contributed by atoms with Gasteiger partial charge in [-0.15, -0.1) is 0 Å². The van der Waals surface area contributed by atoms with Crippen LogP contribution in [0.4, 0.5) is 0 Å². The van der Waals surface area contributed by atoms with Crippen molar-refractivity contribution in [2.24, 2.45) is 0 Å². The molecule has 2 rings (SSSR count). The first-order valence-corrected chi connectivity index (χ1v) is 7.85. The lowest BCUT2D eigenvalue weighted by Crippen LogP contribution is -2.50. The third-order valence-corrected chi connectivity index (χ3v) is 4.00. The molecular formula is C17H27N3O. The number of likely N-dealkylation sites (N-methyl/N-ethyl adjacent to an activating group) is 1. The summed E-state index contributed by atoms with van der Waals surface area (Å²) in [6, 6.07) is 8.32. The Kier molecular flexibility index (Phi) is 5.76. The molecule has 1 aliphatic heterocycles. The number of carbonyl (C=O) groups is 1. The van der Waals surface area contributed by atoms with Gasteiger partial charge in [0.05, 0.1) is 6.04 Å². The van der Waals surface area contributed by atoms with Crippen molar-refractivity contribution in [2.75, 3.05) is 33.7 Å². The summed E-state index contributed by atoms with van der Waals surface area (Å²) in [5, 5.41) is 3.40. The molecule has 0 bridgehead atoms. The van der Waals surface area contributed by atoms with Crippen LogP contribution in [-0.4, -0.2) is 55.5 Å². The van der Waals surface area contributed by atoms with Crippen LogP contribution in [-0.2, 0) is 17.8 Å². The summed E-state index contributed by atoms with van der Waals surface area (Å²) in [5.74, 6) is 0.244. The fourth-order valence-corrected chi connectivity index (χ4v) is 2.77. The van der Waals surface area contributed by atoms with Gasteiger partial charge in [0, 0.05) is 26.2 Å². The monoisotopic (exact) mass is 289 g/mol. The van der Waals surface area contributed by atoms with Gasteiger partial charge in [0.1, 0.15) is 0 Å². The first-order chi connectivity index (χ1) is 10.1. The number of benzene rings is 1. The molecule has 0 fully saturated rings. The van der Waals surface area contributed by atoms with E-state index in [0.717, 1.165) is 39.0 Å². The third-order valence-electron chi connectivity index (χ3n) is 4.00. The second-order valence-electron chi connectivity index (χ2n) is 6.03. The molecule has 1 aromatic carbocycles. The van der Waals surface area contributed by atoms with Crippen molar-refractivity contribution in [1.29, 1.82) is 0 Å². The van der Waals surface area contributed by atoms with Gasteiger partial charge in [-0.3, -0.25) is 4.79 Å². The second kappa shape index (κ2) is 7.57. The summed E-state index contributed by atoms with van der Waals surface area (Å²) in [6.07, 6.45) is 1.81. The van der Waals surface area contributed by atoms with E-state index in [-0.39, 0.29) is 11.9 Å². The molecule has 0 unspecified atom stereocenters. The minimum Gasteiger partial charge on any atom is -0.340 e. The highest BCUT2D eigenvalue weighted by atomic mass is 16.2. The summed E-state index contributed by atoms with van der Waals surface area (Å²) in [4.78, 5) is 16.9. The molecule has 4 heteroatoms. The van der Waals surface area contributed by atoms with Gasteiger partial charge in [0.2, 0.25) is 5.91 Å². The molecule has 1 amide bonds. The fourth-order valence-electron chi connectivity index (χ4n) is 2.77. The van der Waals surface area contributed by atoms with Crippen molar-refractivity contribution in [3.05, 3.63) is 35.4 Å². The van der Waals surface area contributed by atoms with Gasteiger partial charge in [-0.2, -0.15) is 0 Å². The van der Waals surface area contributed by atoms with E-state index in [9.17, 15) is 4.79 Å². The second-order valence-corrected chi connectivity index (χ2v) is 6.03. The van der Waals surface area contributed by atoms with Crippen molar-refractivity contribution < 1.29 is 4.79 Å². The van der Waals surface area contributed by atoms with Gasteiger partial charge in [-0.25, -0.2) is 0 Å². The van der Waals surface area contributed by atoms with E-state index < -0.39 is 0 Å². The van der Waals surface area contributed by atoms with Gasteiger partial charge < -0.3 is 15.1 Å². The molecule has 1 aliphatic rings. The Morgan fingerprint density at radius 1 is 1.19 bits per heavy atom. The zero-order valence-electron chi connectivity index (χ0n) is 13.4. The Morgan fingerprint density at radius 3 is 2.57 bits per heavy atom. The van der Waals surface area contributed by atoms with E-state index in [4.69, 9.17) is 0 Å². The number of amides is 1. The Balaban J connectivity index is 2.01. The molecule has 0 saturated carbocycles. The molecule has 1 heterocycles. The number of hydrogen-bond acceptors (Lipinski definition) is 3. The molecule has 4 nitrogen and oxygen atoms in total. The first-order valence-electron chi connectivity index (χ1n) is 7.85. The molecule has 0 spiro atoms. The molecule has 1 N–H and O–H groups in total. The number of nitrogens with one attached hydrogen (secondary N) is 1. The minimum atomic E-state index is -0.0754. The van der Waals surface area contributed by atoms with Crippen LogP contribution in [0.5, 0.6) is 0 Å². The summed E-state index contributed by atoms with van der Waals surface area (Å²) >= 11 is 0. The van der Waals surface area contributed by atoms with Crippen LogP contribution in [0.2, 0.25) is 0 Å². The zero-order chi connectivity index (χ0) is 15.2. The van der Waals surface area contributed by atoms with Crippen molar-refractivity contribution in [2.45, 2.75) is 32.4 Å². The maximum Gasteiger partial charge on any atom is 0.240 e. The number of fused-ring (bicyclic) bond motifs is 1. The summed E-state index contributed by atoms with van der Waals surface area (Å²) in [7, 11) is 4.09. The maximum absolute atomic E-state index is 12.8. The van der Waals surface area contributed by atoms with Crippen LogP contribution in [0.15, 0.2) is 24.3 Å². The average molecular weight is 289 g/mol. The Bertz CT molecular complexity index is 473. The molecule has 1 atom stereocenters. The largest absolute Gasteiger partial charge is 0.340 e. The topological polar surface area (TPSA) is 35.6 Å². The summed E-state index contributed by atoms with van der Waals surface area (Å²) in [5.41, 5.74) is 2.62. The number of nitrogens with zero attached hydrogens (tertiary/aromatic N) is 2. The van der Waals surface area contributed by atoms with Crippen LogP contribution in [0.25, 0.3) is 0 Å². The SMILES string of the molecule is CCCN(CCN(C)C)C(=O)[C@H]1Cc2ccccc2CN1. The van der Waals surface area contributed by atoms with Crippen molar-refractivity contribution in [1.82, 2.24) is 15.1 Å². The van der Waals surface area contributed by atoms with Crippen LogP contribution in [0, 0.1) is 0 Å². The molecule has 116 valence electrons. The van der Waals surface area contributed by atoms with Gasteiger partial charge in [0.25, 0.3) is 0 Å². The van der Waals surface area contributed by atoms with Gasteiger partial charge >= 0.3 is 0 Å². The van der Waals surface area contributed by atoms with E-state index in [2.05, 4.69) is 41.4 Å². The van der Waals surface area contributed by atoms with Crippen molar-refractivity contribution in [3.8, 4) is 0 Å². The van der Waals surface area contributed by atoms with Crippen LogP contribution >= 0.6 is 0 Å². The smallest absolute Gasteiger partial charge is 0.240 e. The Labute approximate surface area is 128 Å². The third kappa shape index (κ3) is 4.29. The van der Waals surface area contributed by atoms with E-state index in [1.807, 2.05) is 19.0 Å². The predicted molar refractivity (Wildman–Crippen MR) is 86.2 cm³/mol. The van der Waals surface area contributed by atoms with Crippen molar-refractivity contribution in [3.63, 3.8) is 0 Å². The Morgan fingerprint density at radius 2 is 1.90 bits per heavy atom. The number of rotatable bonds is 6. The molecular weight excluding hydrogens is 262 g/mol. The van der Waals surface area contributed by atoms with Gasteiger partial charge in [0.15, 0.2) is 0 Å². The quantitative estimate of drug-likeness (QED) is 0.862. The molecule has 0 saturated heterocycles. The lowest BCUT2D eigenvalue weighted by molar-refractivity contribution is -0.133. The van der Waals surface area contributed by atoms with Crippen LogP contribution < -0.4 is 5.32 Å². The number of carbonyl (C=O) groups excluding carboxylic acids is 1. The molecule has 0 aliphatic carbocycles. The molecule has 0 radical (unpaired) electrons. The van der Waals surface area contributed by atoms with Gasteiger partial charge in [-0.1, -0.05) is 31.2 Å². The van der Waals surface area contributed by atoms with Crippen molar-refractivity contribution >= 4 is 5.91 Å². The van der Waals surface area contributed by atoms with E-state index in [0.29, 0.717) is 0 Å². The predicted octanol–water partition coefficient (Wildman–Crippen LogP) is 1.50. The standard InChI is InChI=1S/C17H27N3O/c1-4-9-20(11-10-19(2)3)17(21)16-12-14-7-5-6-8-15(14)13-18-16/h5-8,16,18H,4,9-13H2,1-3H3/t16-/m1/s1. The highest BCUT2D eigenvalue weighted by molar-refractivity contribution is 5.82. The average Bonchev–Trinajstić information content (AvgIpc) is 2.50.